The van der Waals surface area contributed by atoms with E-state index >= 15 is 0 Å². The summed E-state index contributed by atoms with van der Waals surface area (Å²) in [5.74, 6) is -0.585. The lowest BCUT2D eigenvalue weighted by Crippen LogP contribution is -2.43. The molecule has 2 aromatic carbocycles. The molecular formula is C24H27N3O3. The summed E-state index contributed by atoms with van der Waals surface area (Å²) >= 11 is 0. The Morgan fingerprint density at radius 1 is 1.00 bits per heavy atom. The van der Waals surface area contributed by atoms with E-state index in [9.17, 15) is 14.4 Å². The van der Waals surface area contributed by atoms with E-state index < -0.39 is 6.04 Å². The van der Waals surface area contributed by atoms with Gasteiger partial charge in [0, 0.05) is 11.7 Å². The predicted molar refractivity (Wildman–Crippen MR) is 116 cm³/mol. The molecular weight excluding hydrogens is 378 g/mol. The number of rotatable bonds is 6. The molecule has 2 aliphatic rings. The lowest BCUT2D eigenvalue weighted by atomic mass is 10.1. The highest BCUT2D eigenvalue weighted by molar-refractivity contribution is 6.22. The lowest BCUT2D eigenvalue weighted by Gasteiger charge is -2.27. The van der Waals surface area contributed by atoms with E-state index in [2.05, 4.69) is 12.2 Å². The Balaban J connectivity index is 1.54. The number of carbonyl (C=O) groups is 3. The summed E-state index contributed by atoms with van der Waals surface area (Å²) < 4.78 is 0. The third kappa shape index (κ3) is 3.95. The van der Waals surface area contributed by atoms with Crippen molar-refractivity contribution in [3.05, 3.63) is 60.2 Å². The van der Waals surface area contributed by atoms with E-state index in [1.54, 1.807) is 29.2 Å². The summed E-state index contributed by atoms with van der Waals surface area (Å²) in [6.45, 7) is 2.08. The zero-order valence-corrected chi connectivity index (χ0v) is 17.2. The molecule has 4 rings (SSSR count). The highest BCUT2D eigenvalue weighted by Crippen LogP contribution is 2.34. The number of hydrogen-bond acceptors (Lipinski definition) is 3. The van der Waals surface area contributed by atoms with Gasteiger partial charge in [-0.1, -0.05) is 50.1 Å². The molecule has 0 aromatic heterocycles. The van der Waals surface area contributed by atoms with Crippen LogP contribution in [-0.2, 0) is 16.0 Å². The summed E-state index contributed by atoms with van der Waals surface area (Å²) in [6, 6.07) is 15.6. The van der Waals surface area contributed by atoms with Crippen LogP contribution in [0.4, 0.5) is 16.2 Å². The molecule has 6 heteroatoms. The van der Waals surface area contributed by atoms with Gasteiger partial charge in [-0.15, -0.1) is 0 Å². The number of imide groups is 1. The number of anilines is 2. The molecule has 1 atom stereocenters. The van der Waals surface area contributed by atoms with Crippen LogP contribution in [0.25, 0.3) is 0 Å². The van der Waals surface area contributed by atoms with Crippen molar-refractivity contribution in [3.8, 4) is 0 Å². The number of para-hydroxylation sites is 1. The fourth-order valence-corrected chi connectivity index (χ4v) is 4.42. The van der Waals surface area contributed by atoms with Crippen molar-refractivity contribution in [2.24, 2.45) is 0 Å². The number of hydrogen-bond donors (Lipinski definition) is 1. The van der Waals surface area contributed by atoms with Crippen LogP contribution in [-0.4, -0.2) is 34.8 Å². The van der Waals surface area contributed by atoms with Crippen molar-refractivity contribution in [2.75, 3.05) is 10.2 Å². The van der Waals surface area contributed by atoms with Gasteiger partial charge in [0.15, 0.2) is 0 Å². The van der Waals surface area contributed by atoms with Gasteiger partial charge in [0.2, 0.25) is 5.91 Å². The third-order valence-corrected chi connectivity index (χ3v) is 6.01. The van der Waals surface area contributed by atoms with Gasteiger partial charge in [-0.2, -0.15) is 0 Å². The standard InChI is InChI=1S/C24H27N3O3/c1-2-17-12-14-18(15-13-17)25-22(28)16-21-23(29)27(20-8-4-3-5-9-20)24(30)26(21)19-10-6-7-11-19/h3-5,8-9,12-15,19,21H,2,6-7,10-11,16H2,1H3,(H,25,28). The lowest BCUT2D eigenvalue weighted by molar-refractivity contribution is -0.124. The van der Waals surface area contributed by atoms with E-state index in [1.807, 2.05) is 30.3 Å². The number of nitrogens with one attached hydrogen (secondary N) is 1. The van der Waals surface area contributed by atoms with Crippen molar-refractivity contribution < 1.29 is 14.4 Å². The molecule has 2 aromatic rings. The summed E-state index contributed by atoms with van der Waals surface area (Å²) in [7, 11) is 0. The van der Waals surface area contributed by atoms with E-state index in [1.165, 1.54) is 10.5 Å². The Morgan fingerprint density at radius 2 is 1.67 bits per heavy atom. The average Bonchev–Trinajstić information content (AvgIpc) is 3.36. The Bertz CT molecular complexity index is 920. The molecule has 6 nitrogen and oxygen atoms in total. The first kappa shape index (κ1) is 20.1. The molecule has 1 heterocycles. The van der Waals surface area contributed by atoms with Gasteiger partial charge in [0.25, 0.3) is 5.91 Å². The number of urea groups is 1. The van der Waals surface area contributed by atoms with Gasteiger partial charge in [-0.05, 0) is 49.1 Å². The van der Waals surface area contributed by atoms with E-state index in [4.69, 9.17) is 0 Å². The second-order valence-corrected chi connectivity index (χ2v) is 7.96. The van der Waals surface area contributed by atoms with Gasteiger partial charge in [0.1, 0.15) is 6.04 Å². The maximum atomic E-state index is 13.2. The van der Waals surface area contributed by atoms with Crippen LogP contribution in [0, 0.1) is 0 Å². The smallest absolute Gasteiger partial charge is 0.326 e. The predicted octanol–water partition coefficient (Wildman–Crippen LogP) is 4.36. The Labute approximate surface area is 176 Å². The Hall–Kier alpha value is -3.15. The van der Waals surface area contributed by atoms with Crippen LogP contribution in [0.5, 0.6) is 0 Å². The average molecular weight is 405 g/mol. The fourth-order valence-electron chi connectivity index (χ4n) is 4.42. The normalized spacial score (nSPS) is 19.6. The largest absolute Gasteiger partial charge is 0.332 e. The molecule has 0 spiro atoms. The number of nitrogens with zero attached hydrogens (tertiary/aromatic N) is 2. The molecule has 1 N–H and O–H groups in total. The summed E-state index contributed by atoms with van der Waals surface area (Å²) in [4.78, 5) is 42.1. The summed E-state index contributed by atoms with van der Waals surface area (Å²) in [5.41, 5.74) is 2.44. The minimum Gasteiger partial charge on any atom is -0.326 e. The molecule has 156 valence electrons. The SMILES string of the molecule is CCc1ccc(NC(=O)CC2C(=O)N(c3ccccc3)C(=O)N2C2CCCC2)cc1. The fraction of sp³-hybridized carbons (Fsp3) is 0.375. The van der Waals surface area contributed by atoms with Crippen LogP contribution in [0.3, 0.4) is 0 Å². The van der Waals surface area contributed by atoms with E-state index in [-0.39, 0.29) is 30.3 Å². The second kappa shape index (κ2) is 8.69. The number of benzene rings is 2. The maximum Gasteiger partial charge on any atom is 0.332 e. The highest BCUT2D eigenvalue weighted by Gasteiger charge is 2.49. The number of amides is 4. The first-order chi connectivity index (χ1) is 14.6. The summed E-state index contributed by atoms with van der Waals surface area (Å²) in [5, 5.41) is 2.87. The highest BCUT2D eigenvalue weighted by atomic mass is 16.2. The molecule has 0 bridgehead atoms. The Morgan fingerprint density at radius 3 is 2.30 bits per heavy atom. The topological polar surface area (TPSA) is 69.7 Å². The quantitative estimate of drug-likeness (QED) is 0.726. The van der Waals surface area contributed by atoms with Gasteiger partial charge >= 0.3 is 6.03 Å². The van der Waals surface area contributed by atoms with Crippen molar-refractivity contribution in [1.29, 1.82) is 0 Å². The van der Waals surface area contributed by atoms with E-state index in [0.717, 1.165) is 32.1 Å². The van der Waals surface area contributed by atoms with Crippen LogP contribution in [0.15, 0.2) is 54.6 Å². The van der Waals surface area contributed by atoms with Crippen LogP contribution in [0.1, 0.15) is 44.6 Å². The number of carbonyl (C=O) groups excluding carboxylic acids is 3. The zero-order valence-electron chi connectivity index (χ0n) is 17.2. The third-order valence-electron chi connectivity index (χ3n) is 6.01. The Kier molecular flexibility index (Phi) is 5.84. The molecule has 1 unspecified atom stereocenters. The molecule has 2 fully saturated rings. The van der Waals surface area contributed by atoms with Crippen molar-refractivity contribution in [3.63, 3.8) is 0 Å². The van der Waals surface area contributed by atoms with Gasteiger partial charge in [0.05, 0.1) is 12.1 Å². The van der Waals surface area contributed by atoms with Crippen molar-refractivity contribution >= 4 is 29.2 Å². The van der Waals surface area contributed by atoms with Crippen molar-refractivity contribution in [2.45, 2.75) is 57.5 Å². The van der Waals surface area contributed by atoms with Gasteiger partial charge in [-0.25, -0.2) is 9.69 Å². The molecule has 0 radical (unpaired) electrons. The first-order valence-corrected chi connectivity index (χ1v) is 10.7. The molecule has 4 amide bonds. The second-order valence-electron chi connectivity index (χ2n) is 7.96. The molecule has 30 heavy (non-hydrogen) atoms. The summed E-state index contributed by atoms with van der Waals surface area (Å²) in [6.07, 6.45) is 4.71. The van der Waals surface area contributed by atoms with Crippen molar-refractivity contribution in [1.82, 2.24) is 4.90 Å². The van der Waals surface area contributed by atoms with E-state index in [0.29, 0.717) is 11.4 Å². The van der Waals surface area contributed by atoms with Crippen LogP contribution < -0.4 is 10.2 Å². The minimum atomic E-state index is -0.768. The van der Waals surface area contributed by atoms with Gasteiger partial charge in [-0.3, -0.25) is 9.59 Å². The molecule has 1 aliphatic heterocycles. The first-order valence-electron chi connectivity index (χ1n) is 10.7. The maximum absolute atomic E-state index is 13.2. The molecule has 1 aliphatic carbocycles. The van der Waals surface area contributed by atoms with Crippen LogP contribution >= 0.6 is 0 Å². The zero-order chi connectivity index (χ0) is 21.1. The monoisotopic (exact) mass is 405 g/mol. The molecule has 1 saturated heterocycles. The van der Waals surface area contributed by atoms with Crippen LogP contribution in [0.2, 0.25) is 0 Å². The minimum absolute atomic E-state index is 0.0109. The van der Waals surface area contributed by atoms with Gasteiger partial charge < -0.3 is 10.2 Å². The molecule has 1 saturated carbocycles. The number of aryl methyl sites for hydroxylation is 1.